The quantitative estimate of drug-likeness (QED) is 0.505. The zero-order valence-electron chi connectivity index (χ0n) is 11.7. The van der Waals surface area contributed by atoms with Gasteiger partial charge in [0.1, 0.15) is 0 Å². The molecule has 98 valence electrons. The smallest absolute Gasteiger partial charge is 0.305 e. The third-order valence-electron chi connectivity index (χ3n) is 2.62. The summed E-state index contributed by atoms with van der Waals surface area (Å²) in [4.78, 5) is 13.2. The molecule has 0 aromatic carbocycles. The summed E-state index contributed by atoms with van der Waals surface area (Å²) in [6.07, 6.45) is 7.56. The summed E-state index contributed by atoms with van der Waals surface area (Å²) in [6, 6.07) is 0. The summed E-state index contributed by atoms with van der Waals surface area (Å²) in [5.41, 5.74) is 2.54. The molecule has 0 atom stereocenters. The van der Waals surface area contributed by atoms with E-state index in [9.17, 15) is 4.79 Å². The Morgan fingerprint density at radius 2 is 1.94 bits per heavy atom. The third-order valence-corrected chi connectivity index (χ3v) is 2.62. The average Bonchev–Trinajstić information content (AvgIpc) is 2.30. The van der Waals surface area contributed by atoms with Crippen LogP contribution in [-0.2, 0) is 9.53 Å². The maximum Gasteiger partial charge on any atom is 0.305 e. The molecular weight excluding hydrogens is 214 g/mol. The summed E-state index contributed by atoms with van der Waals surface area (Å²) in [5, 5.41) is 0. The highest BCUT2D eigenvalue weighted by Crippen LogP contribution is 2.16. The molecule has 0 aromatic rings. The van der Waals surface area contributed by atoms with Crippen LogP contribution in [0.2, 0.25) is 0 Å². The molecule has 0 bridgehead atoms. The molecule has 0 rings (SSSR count). The van der Waals surface area contributed by atoms with Crippen LogP contribution in [0.25, 0.3) is 0 Å². The van der Waals surface area contributed by atoms with E-state index in [2.05, 4.69) is 35.6 Å². The van der Waals surface area contributed by atoms with Crippen LogP contribution in [0.5, 0.6) is 0 Å². The predicted molar refractivity (Wildman–Crippen MR) is 71.7 cm³/mol. The van der Waals surface area contributed by atoms with Gasteiger partial charge < -0.3 is 9.64 Å². The van der Waals surface area contributed by atoms with Crippen LogP contribution in [0.4, 0.5) is 0 Å². The Hall–Kier alpha value is -1.25. The highest BCUT2D eigenvalue weighted by Gasteiger charge is 2.06. The fourth-order valence-corrected chi connectivity index (χ4v) is 1.67. The highest BCUT2D eigenvalue weighted by atomic mass is 16.5. The maximum atomic E-state index is 11.0. The van der Waals surface area contributed by atoms with Crippen molar-refractivity contribution in [1.29, 1.82) is 0 Å². The normalized spacial score (nSPS) is 12.5. The second-order valence-electron chi connectivity index (χ2n) is 4.26. The molecule has 0 saturated carbocycles. The molecule has 0 saturated heterocycles. The Bertz CT molecular complexity index is 291. The van der Waals surface area contributed by atoms with Crippen molar-refractivity contribution in [3.63, 3.8) is 0 Å². The first-order chi connectivity index (χ1) is 8.02. The number of esters is 1. The van der Waals surface area contributed by atoms with E-state index in [1.807, 2.05) is 14.1 Å². The summed E-state index contributed by atoms with van der Waals surface area (Å²) in [6.45, 7) is 4.23. The van der Waals surface area contributed by atoms with Crippen LogP contribution in [0.1, 0.15) is 39.5 Å². The Labute approximate surface area is 105 Å². The largest absolute Gasteiger partial charge is 0.469 e. The van der Waals surface area contributed by atoms with E-state index in [1.54, 1.807) is 0 Å². The summed E-state index contributed by atoms with van der Waals surface area (Å²) in [7, 11) is 5.51. The van der Waals surface area contributed by atoms with Crippen molar-refractivity contribution in [2.24, 2.45) is 0 Å². The van der Waals surface area contributed by atoms with Crippen LogP contribution < -0.4 is 0 Å². The van der Waals surface area contributed by atoms with Crippen molar-refractivity contribution in [3.05, 3.63) is 23.4 Å². The van der Waals surface area contributed by atoms with E-state index in [0.29, 0.717) is 6.42 Å². The van der Waals surface area contributed by atoms with Crippen molar-refractivity contribution < 1.29 is 9.53 Å². The van der Waals surface area contributed by atoms with E-state index < -0.39 is 0 Å². The first-order valence-electron chi connectivity index (χ1n) is 6.13. The summed E-state index contributed by atoms with van der Waals surface area (Å²) < 4.78 is 4.64. The Morgan fingerprint density at radius 3 is 2.41 bits per heavy atom. The van der Waals surface area contributed by atoms with Crippen molar-refractivity contribution in [2.75, 3.05) is 21.2 Å². The van der Waals surface area contributed by atoms with Gasteiger partial charge in [0.05, 0.1) is 7.11 Å². The number of hydrogen-bond acceptors (Lipinski definition) is 3. The zero-order valence-corrected chi connectivity index (χ0v) is 11.7. The number of methoxy groups -OCH3 is 1. The molecule has 3 nitrogen and oxygen atoms in total. The number of carbonyl (C=O) groups is 1. The average molecular weight is 239 g/mol. The van der Waals surface area contributed by atoms with Crippen LogP contribution in [0, 0.1) is 0 Å². The molecule has 0 spiro atoms. The second kappa shape index (κ2) is 8.85. The van der Waals surface area contributed by atoms with Crippen molar-refractivity contribution in [3.8, 4) is 0 Å². The molecule has 0 radical (unpaired) electrons. The Balaban J connectivity index is 4.43. The van der Waals surface area contributed by atoms with Gasteiger partial charge in [-0.15, -0.1) is 0 Å². The van der Waals surface area contributed by atoms with E-state index in [4.69, 9.17) is 0 Å². The van der Waals surface area contributed by atoms with E-state index in [-0.39, 0.29) is 5.97 Å². The van der Waals surface area contributed by atoms with Gasteiger partial charge in [0.2, 0.25) is 0 Å². The lowest BCUT2D eigenvalue weighted by atomic mass is 10.1. The molecule has 0 heterocycles. The molecule has 0 aliphatic rings. The molecule has 0 amide bonds. The SMILES string of the molecule is CC/C=C/C(C)=C(/CCCC(=O)OC)N(C)C. The van der Waals surface area contributed by atoms with Gasteiger partial charge in [-0.25, -0.2) is 0 Å². The maximum absolute atomic E-state index is 11.0. The van der Waals surface area contributed by atoms with Crippen molar-refractivity contribution in [1.82, 2.24) is 4.90 Å². The van der Waals surface area contributed by atoms with Crippen LogP contribution in [0.15, 0.2) is 23.4 Å². The van der Waals surface area contributed by atoms with Gasteiger partial charge >= 0.3 is 5.97 Å². The minimum Gasteiger partial charge on any atom is -0.469 e. The van der Waals surface area contributed by atoms with Gasteiger partial charge in [-0.1, -0.05) is 19.1 Å². The lowest BCUT2D eigenvalue weighted by molar-refractivity contribution is -0.140. The second-order valence-corrected chi connectivity index (χ2v) is 4.26. The fourth-order valence-electron chi connectivity index (χ4n) is 1.67. The standard InChI is InChI=1S/C14H25NO2/c1-6-7-9-12(2)13(15(3)4)10-8-11-14(16)17-5/h7,9H,6,8,10-11H2,1-5H3/b9-7+,13-12-. The van der Waals surface area contributed by atoms with E-state index in [1.165, 1.54) is 18.4 Å². The van der Waals surface area contributed by atoms with Crippen LogP contribution in [-0.4, -0.2) is 32.1 Å². The lowest BCUT2D eigenvalue weighted by Gasteiger charge is -2.19. The topological polar surface area (TPSA) is 29.5 Å². The first kappa shape index (κ1) is 15.8. The van der Waals surface area contributed by atoms with E-state index >= 15 is 0 Å². The molecule has 0 N–H and O–H groups in total. The molecule has 0 unspecified atom stereocenters. The monoisotopic (exact) mass is 239 g/mol. The van der Waals surface area contributed by atoms with E-state index in [0.717, 1.165) is 19.3 Å². The molecular formula is C14H25NO2. The zero-order chi connectivity index (χ0) is 13.3. The van der Waals surface area contributed by atoms with Crippen LogP contribution in [0.3, 0.4) is 0 Å². The first-order valence-corrected chi connectivity index (χ1v) is 6.13. The van der Waals surface area contributed by atoms with Gasteiger partial charge in [-0.05, 0) is 31.8 Å². The minimum atomic E-state index is -0.134. The Morgan fingerprint density at radius 1 is 1.29 bits per heavy atom. The Kier molecular flexibility index (Phi) is 8.20. The predicted octanol–water partition coefficient (Wildman–Crippen LogP) is 3.13. The third kappa shape index (κ3) is 6.82. The summed E-state index contributed by atoms with van der Waals surface area (Å²) >= 11 is 0. The number of carbonyl (C=O) groups excluding carboxylic acids is 1. The van der Waals surface area contributed by atoms with Crippen LogP contribution >= 0.6 is 0 Å². The van der Waals surface area contributed by atoms with Crippen molar-refractivity contribution in [2.45, 2.75) is 39.5 Å². The number of allylic oxidation sites excluding steroid dienone is 4. The molecule has 17 heavy (non-hydrogen) atoms. The van der Waals surface area contributed by atoms with Gasteiger partial charge in [-0.3, -0.25) is 4.79 Å². The molecule has 0 aliphatic carbocycles. The summed E-state index contributed by atoms with van der Waals surface area (Å²) in [5.74, 6) is -0.134. The number of rotatable bonds is 7. The lowest BCUT2D eigenvalue weighted by Crippen LogP contribution is -2.13. The van der Waals surface area contributed by atoms with Gasteiger partial charge in [-0.2, -0.15) is 0 Å². The number of nitrogens with zero attached hydrogens (tertiary/aromatic N) is 1. The molecule has 0 fully saturated rings. The van der Waals surface area contributed by atoms with Gasteiger partial charge in [0.15, 0.2) is 0 Å². The number of hydrogen-bond donors (Lipinski definition) is 0. The fraction of sp³-hybridized carbons (Fsp3) is 0.643. The molecule has 0 aliphatic heterocycles. The van der Waals surface area contributed by atoms with Gasteiger partial charge in [0, 0.05) is 26.2 Å². The number of ether oxygens (including phenoxy) is 1. The minimum absolute atomic E-state index is 0.134. The molecule has 3 heteroatoms. The highest BCUT2D eigenvalue weighted by molar-refractivity contribution is 5.69. The van der Waals surface area contributed by atoms with Crippen molar-refractivity contribution >= 4 is 5.97 Å². The van der Waals surface area contributed by atoms with Gasteiger partial charge in [0.25, 0.3) is 0 Å². The molecule has 0 aromatic heterocycles.